The molecule has 4 rings (SSSR count). The molecule has 2 heteroatoms. The monoisotopic (exact) mass is 280 g/mol. The predicted molar refractivity (Wildman–Crippen MR) is 88.2 cm³/mol. The molecule has 2 aliphatic rings. The van der Waals surface area contributed by atoms with E-state index in [1.54, 1.807) is 0 Å². The van der Waals surface area contributed by atoms with Crippen LogP contribution in [0.1, 0.15) is 43.7 Å². The highest BCUT2D eigenvalue weighted by Crippen LogP contribution is 2.40. The molecule has 0 radical (unpaired) electrons. The van der Waals surface area contributed by atoms with Crippen LogP contribution in [0.4, 0.5) is 0 Å². The van der Waals surface area contributed by atoms with Gasteiger partial charge in [-0.25, -0.2) is 0 Å². The normalized spacial score (nSPS) is 27.7. The Labute approximate surface area is 126 Å². The lowest BCUT2D eigenvalue weighted by Gasteiger charge is -2.34. The van der Waals surface area contributed by atoms with Gasteiger partial charge in [0.25, 0.3) is 0 Å². The summed E-state index contributed by atoms with van der Waals surface area (Å²) in [7, 11) is 0. The van der Waals surface area contributed by atoms with Crippen LogP contribution in [0.2, 0.25) is 0 Å². The highest BCUT2D eigenvalue weighted by molar-refractivity contribution is 5.86. The number of rotatable bonds is 2. The first-order valence-electron chi connectivity index (χ1n) is 8.33. The minimum absolute atomic E-state index is 0.263. The van der Waals surface area contributed by atoms with Crippen molar-refractivity contribution in [3.63, 3.8) is 0 Å². The summed E-state index contributed by atoms with van der Waals surface area (Å²) in [5, 5.41) is 2.72. The van der Waals surface area contributed by atoms with Gasteiger partial charge in [0.05, 0.1) is 6.04 Å². The molecule has 1 aliphatic carbocycles. The molecule has 0 spiro atoms. The van der Waals surface area contributed by atoms with E-state index in [1.807, 2.05) is 0 Å². The summed E-state index contributed by atoms with van der Waals surface area (Å²) in [5.41, 5.74) is 8.06. The molecule has 0 amide bonds. The fourth-order valence-corrected chi connectivity index (χ4v) is 3.95. The number of nitrogens with two attached hydrogens (primary N) is 1. The maximum atomic E-state index is 6.62. The van der Waals surface area contributed by atoms with Gasteiger partial charge >= 0.3 is 0 Å². The minimum Gasteiger partial charge on any atom is -0.326 e. The van der Waals surface area contributed by atoms with E-state index in [9.17, 15) is 0 Å². The fraction of sp³-hybridized carbons (Fsp3) is 0.474. The van der Waals surface area contributed by atoms with Gasteiger partial charge in [0.2, 0.25) is 0 Å². The van der Waals surface area contributed by atoms with Crippen molar-refractivity contribution in [3.05, 3.63) is 48.0 Å². The standard InChI is InChI=1S/C19H24N2/c20-18-10-3-4-13-21(15-11-12-15)19(18)17-9-5-7-14-6-1-2-8-16(14)17/h1-2,5-9,15,18-19H,3-4,10-13,20H2. The molecule has 1 heterocycles. The van der Waals surface area contributed by atoms with Crippen LogP contribution in [0.15, 0.2) is 42.5 Å². The molecule has 21 heavy (non-hydrogen) atoms. The SMILES string of the molecule is NC1CCCCN(C2CC2)C1c1cccc2ccccc12. The van der Waals surface area contributed by atoms with Crippen LogP contribution < -0.4 is 5.73 Å². The number of hydrogen-bond donors (Lipinski definition) is 1. The zero-order valence-corrected chi connectivity index (χ0v) is 12.5. The van der Waals surface area contributed by atoms with Crippen LogP contribution in [0.5, 0.6) is 0 Å². The van der Waals surface area contributed by atoms with Crippen LogP contribution >= 0.6 is 0 Å². The van der Waals surface area contributed by atoms with E-state index < -0.39 is 0 Å². The average molecular weight is 280 g/mol. The van der Waals surface area contributed by atoms with E-state index in [2.05, 4.69) is 47.4 Å². The smallest absolute Gasteiger partial charge is 0.0508 e. The minimum atomic E-state index is 0.263. The average Bonchev–Trinajstić information content (AvgIpc) is 3.34. The molecule has 1 aliphatic heterocycles. The third-order valence-corrected chi connectivity index (χ3v) is 5.12. The zero-order valence-electron chi connectivity index (χ0n) is 12.5. The summed E-state index contributed by atoms with van der Waals surface area (Å²) in [6.45, 7) is 1.21. The Morgan fingerprint density at radius 1 is 0.905 bits per heavy atom. The highest BCUT2D eigenvalue weighted by Gasteiger charge is 2.38. The molecule has 0 bridgehead atoms. The molecule has 2 N–H and O–H groups in total. The highest BCUT2D eigenvalue weighted by atomic mass is 15.2. The number of hydrogen-bond acceptors (Lipinski definition) is 2. The molecule has 2 fully saturated rings. The molecule has 1 saturated heterocycles. The lowest BCUT2D eigenvalue weighted by molar-refractivity contribution is 0.177. The summed E-state index contributed by atoms with van der Waals surface area (Å²) in [5.74, 6) is 0. The molecule has 2 unspecified atom stereocenters. The summed E-state index contributed by atoms with van der Waals surface area (Å²) in [4.78, 5) is 2.71. The van der Waals surface area contributed by atoms with Crippen molar-refractivity contribution in [3.8, 4) is 0 Å². The topological polar surface area (TPSA) is 29.3 Å². The van der Waals surface area contributed by atoms with Crippen molar-refractivity contribution in [2.24, 2.45) is 5.73 Å². The van der Waals surface area contributed by atoms with Gasteiger partial charge in [-0.1, -0.05) is 48.9 Å². The van der Waals surface area contributed by atoms with Crippen LogP contribution in [-0.2, 0) is 0 Å². The first kappa shape index (κ1) is 13.3. The van der Waals surface area contributed by atoms with Gasteiger partial charge in [-0.15, -0.1) is 0 Å². The molecule has 1 saturated carbocycles. The lowest BCUT2D eigenvalue weighted by atomic mass is 9.92. The molecular formula is C19H24N2. The quantitative estimate of drug-likeness (QED) is 0.905. The maximum absolute atomic E-state index is 6.62. The summed E-state index contributed by atoms with van der Waals surface area (Å²) in [6, 6.07) is 16.9. The van der Waals surface area contributed by atoms with Crippen molar-refractivity contribution in [1.29, 1.82) is 0 Å². The Kier molecular flexibility index (Phi) is 3.44. The van der Waals surface area contributed by atoms with Crippen LogP contribution in [0, 0.1) is 0 Å². The molecule has 2 nitrogen and oxygen atoms in total. The van der Waals surface area contributed by atoms with Crippen molar-refractivity contribution < 1.29 is 0 Å². The number of fused-ring (bicyclic) bond motifs is 1. The number of nitrogens with zero attached hydrogens (tertiary/aromatic N) is 1. The van der Waals surface area contributed by atoms with Gasteiger partial charge in [-0.05, 0) is 48.6 Å². The molecular weight excluding hydrogens is 256 g/mol. The van der Waals surface area contributed by atoms with Gasteiger partial charge in [-0.3, -0.25) is 4.90 Å². The number of likely N-dealkylation sites (tertiary alicyclic amines) is 1. The largest absolute Gasteiger partial charge is 0.326 e. The molecule has 2 atom stereocenters. The van der Waals surface area contributed by atoms with Crippen LogP contribution in [-0.4, -0.2) is 23.5 Å². The van der Waals surface area contributed by atoms with Crippen molar-refractivity contribution in [1.82, 2.24) is 4.90 Å². The van der Waals surface area contributed by atoms with E-state index >= 15 is 0 Å². The van der Waals surface area contributed by atoms with Gasteiger partial charge in [0.15, 0.2) is 0 Å². The van der Waals surface area contributed by atoms with E-state index in [1.165, 1.54) is 48.6 Å². The third-order valence-electron chi connectivity index (χ3n) is 5.12. The zero-order chi connectivity index (χ0) is 14.2. The summed E-state index contributed by atoms with van der Waals surface area (Å²) >= 11 is 0. The summed E-state index contributed by atoms with van der Waals surface area (Å²) < 4.78 is 0. The first-order valence-corrected chi connectivity index (χ1v) is 8.33. The second-order valence-electron chi connectivity index (χ2n) is 6.64. The van der Waals surface area contributed by atoms with Gasteiger partial charge < -0.3 is 5.73 Å². The van der Waals surface area contributed by atoms with Gasteiger partial charge in [0, 0.05) is 12.1 Å². The van der Waals surface area contributed by atoms with Crippen molar-refractivity contribution >= 4 is 10.8 Å². The second-order valence-corrected chi connectivity index (χ2v) is 6.64. The Morgan fingerprint density at radius 2 is 1.71 bits per heavy atom. The van der Waals surface area contributed by atoms with Gasteiger partial charge in [-0.2, -0.15) is 0 Å². The lowest BCUT2D eigenvalue weighted by Crippen LogP contribution is -2.41. The molecule has 2 aromatic rings. The predicted octanol–water partition coefficient (Wildman–Crippen LogP) is 3.86. The third kappa shape index (κ3) is 2.47. The van der Waals surface area contributed by atoms with Crippen molar-refractivity contribution in [2.75, 3.05) is 6.54 Å². The summed E-state index contributed by atoms with van der Waals surface area (Å²) in [6.07, 6.45) is 6.43. The van der Waals surface area contributed by atoms with E-state index in [-0.39, 0.29) is 6.04 Å². The van der Waals surface area contributed by atoms with Gasteiger partial charge in [0.1, 0.15) is 0 Å². The van der Waals surface area contributed by atoms with Crippen LogP contribution in [0.3, 0.4) is 0 Å². The molecule has 2 aromatic carbocycles. The molecule has 0 aromatic heterocycles. The van der Waals surface area contributed by atoms with E-state index in [4.69, 9.17) is 5.73 Å². The Hall–Kier alpha value is -1.38. The van der Waals surface area contributed by atoms with Crippen molar-refractivity contribution in [2.45, 2.75) is 50.2 Å². The second kappa shape index (κ2) is 5.43. The van der Waals surface area contributed by atoms with E-state index in [0.29, 0.717) is 6.04 Å². The Balaban J connectivity index is 1.83. The number of benzene rings is 2. The Morgan fingerprint density at radius 3 is 2.57 bits per heavy atom. The first-order chi connectivity index (χ1) is 10.3. The fourth-order valence-electron chi connectivity index (χ4n) is 3.95. The maximum Gasteiger partial charge on any atom is 0.0508 e. The Bertz CT molecular complexity index is 627. The van der Waals surface area contributed by atoms with Crippen LogP contribution in [0.25, 0.3) is 10.8 Å². The molecule has 110 valence electrons. The van der Waals surface area contributed by atoms with E-state index in [0.717, 1.165) is 12.5 Å².